The largest absolute Gasteiger partial charge is 0.461 e. The molecule has 3 amide bonds. The third-order valence-corrected chi connectivity index (χ3v) is 7.46. The van der Waals surface area contributed by atoms with Crippen LogP contribution in [0.25, 0.3) is 11.0 Å². The van der Waals surface area contributed by atoms with Gasteiger partial charge < -0.3 is 30.6 Å². The van der Waals surface area contributed by atoms with Crippen LogP contribution < -0.4 is 16.4 Å². The normalized spacial score (nSPS) is 18.6. The molecule has 0 radical (unpaired) electrons. The van der Waals surface area contributed by atoms with Crippen LogP contribution >= 0.6 is 11.3 Å². The number of fused-ring (bicyclic) bond motifs is 1. The number of primary amides is 1. The highest BCUT2D eigenvalue weighted by Gasteiger charge is 2.30. The quantitative estimate of drug-likeness (QED) is 0.323. The lowest BCUT2D eigenvalue weighted by Crippen LogP contribution is -2.45. The van der Waals surface area contributed by atoms with Crippen LogP contribution in [0.2, 0.25) is 0 Å². The molecule has 200 valence electrons. The van der Waals surface area contributed by atoms with Gasteiger partial charge in [0.2, 0.25) is 17.8 Å². The van der Waals surface area contributed by atoms with Crippen LogP contribution in [0.5, 0.6) is 0 Å². The number of furan rings is 1. The van der Waals surface area contributed by atoms with E-state index in [0.29, 0.717) is 24.1 Å². The zero-order valence-corrected chi connectivity index (χ0v) is 22.1. The first kappa shape index (κ1) is 25.7. The van der Waals surface area contributed by atoms with E-state index >= 15 is 0 Å². The second kappa shape index (κ2) is 11.2. The average Bonchev–Trinajstić information content (AvgIpc) is 3.63. The fourth-order valence-electron chi connectivity index (χ4n) is 4.78. The Morgan fingerprint density at radius 3 is 2.71 bits per heavy atom. The predicted octanol–water partition coefficient (Wildman–Crippen LogP) is 3.18. The molecule has 2 saturated heterocycles. The molecule has 4 N–H and O–H groups in total. The lowest BCUT2D eigenvalue weighted by molar-refractivity contribution is -0.140. The summed E-state index contributed by atoms with van der Waals surface area (Å²) in [7, 11) is 0. The molecule has 11 nitrogen and oxygen atoms in total. The van der Waals surface area contributed by atoms with Crippen LogP contribution in [0, 0.1) is 6.92 Å². The zero-order chi connectivity index (χ0) is 26.6. The molecule has 1 unspecified atom stereocenters. The van der Waals surface area contributed by atoms with Crippen molar-refractivity contribution in [3.05, 3.63) is 41.1 Å². The van der Waals surface area contributed by atoms with Gasteiger partial charge in [-0.05, 0) is 63.3 Å². The molecule has 2 aliphatic heterocycles. The summed E-state index contributed by atoms with van der Waals surface area (Å²) >= 11 is 1.21. The van der Waals surface area contributed by atoms with Gasteiger partial charge in [0.25, 0.3) is 5.91 Å². The molecule has 0 spiro atoms. The SMILES string of the molecule is Cc1cc2cc(NC(=NC3CCCCN(CC(=O)N4CCCC4)C3=O)Nc3nc(C(N)=O)cs3)ccc2o1. The maximum atomic E-state index is 13.5. The minimum absolute atomic E-state index is 0.0116. The number of aliphatic imine (C=N–C) groups is 1. The van der Waals surface area contributed by atoms with Crippen molar-refractivity contribution in [2.75, 3.05) is 36.8 Å². The number of hydrogen-bond acceptors (Lipinski definition) is 7. The summed E-state index contributed by atoms with van der Waals surface area (Å²) in [6.07, 6.45) is 4.19. The maximum absolute atomic E-state index is 13.5. The van der Waals surface area contributed by atoms with Crippen molar-refractivity contribution in [3.8, 4) is 0 Å². The number of rotatable bonds is 6. The first-order valence-corrected chi connectivity index (χ1v) is 13.7. The van der Waals surface area contributed by atoms with Crippen LogP contribution in [0.1, 0.15) is 48.4 Å². The highest BCUT2D eigenvalue weighted by molar-refractivity contribution is 7.14. The number of anilines is 2. The summed E-state index contributed by atoms with van der Waals surface area (Å²) in [5.41, 5.74) is 7.01. The number of thiazole rings is 1. The Labute approximate surface area is 224 Å². The molecule has 3 aromatic rings. The lowest BCUT2D eigenvalue weighted by Gasteiger charge is -2.25. The van der Waals surface area contributed by atoms with E-state index in [9.17, 15) is 14.4 Å². The molecular weight excluding hydrogens is 506 g/mol. The summed E-state index contributed by atoms with van der Waals surface area (Å²) in [5, 5.41) is 9.27. The number of aryl methyl sites for hydroxylation is 1. The molecule has 12 heteroatoms. The van der Waals surface area contributed by atoms with Crippen molar-refractivity contribution in [1.82, 2.24) is 14.8 Å². The van der Waals surface area contributed by atoms with E-state index in [1.807, 2.05) is 36.1 Å². The van der Waals surface area contributed by atoms with Crippen LogP contribution in [0.3, 0.4) is 0 Å². The Hall–Kier alpha value is -3.93. The summed E-state index contributed by atoms with van der Waals surface area (Å²) in [4.78, 5) is 50.3. The molecule has 38 heavy (non-hydrogen) atoms. The number of guanidine groups is 1. The predicted molar refractivity (Wildman–Crippen MR) is 146 cm³/mol. The topological polar surface area (TPSA) is 146 Å². The Morgan fingerprint density at radius 1 is 1.16 bits per heavy atom. The van der Waals surface area contributed by atoms with Gasteiger partial charge >= 0.3 is 0 Å². The molecular formula is C26H31N7O4S. The molecule has 1 aromatic carbocycles. The summed E-state index contributed by atoms with van der Waals surface area (Å²) in [5.74, 6) is 0.301. The van der Waals surface area contributed by atoms with Gasteiger partial charge in [0.1, 0.15) is 23.1 Å². The summed E-state index contributed by atoms with van der Waals surface area (Å²) < 4.78 is 5.67. The Kier molecular flexibility index (Phi) is 7.59. The number of carbonyl (C=O) groups excluding carboxylic acids is 3. The molecule has 5 rings (SSSR count). The van der Waals surface area contributed by atoms with Gasteiger partial charge in [-0.15, -0.1) is 11.3 Å². The van der Waals surface area contributed by atoms with E-state index in [2.05, 4.69) is 15.6 Å². The first-order valence-electron chi connectivity index (χ1n) is 12.8. The number of aromatic nitrogens is 1. The second-order valence-electron chi connectivity index (χ2n) is 9.60. The highest BCUT2D eigenvalue weighted by Crippen LogP contribution is 2.24. The third-order valence-electron chi connectivity index (χ3n) is 6.71. The molecule has 2 aromatic heterocycles. The van der Waals surface area contributed by atoms with E-state index in [4.69, 9.17) is 15.1 Å². The fourth-order valence-corrected chi connectivity index (χ4v) is 5.48. The lowest BCUT2D eigenvalue weighted by atomic mass is 10.1. The summed E-state index contributed by atoms with van der Waals surface area (Å²) in [6.45, 7) is 4.00. The molecule has 2 fully saturated rings. The van der Waals surface area contributed by atoms with Crippen molar-refractivity contribution in [2.24, 2.45) is 10.7 Å². The number of likely N-dealkylation sites (tertiary alicyclic amines) is 2. The van der Waals surface area contributed by atoms with Crippen LogP contribution in [-0.4, -0.2) is 70.7 Å². The van der Waals surface area contributed by atoms with Gasteiger partial charge in [-0.3, -0.25) is 14.4 Å². The molecule has 4 heterocycles. The second-order valence-corrected chi connectivity index (χ2v) is 10.5. The standard InChI is InChI=1S/C26H31N7O4S/c1-16-12-17-13-18(7-8-21(17)37-16)28-25(31-26-30-20(15-38-26)23(27)35)29-19-6-2-3-11-33(24(19)36)14-22(34)32-9-4-5-10-32/h7-8,12-13,15,19H,2-6,9-11,14H2,1H3,(H2,27,35)(H2,28,29,30,31). The minimum atomic E-state index is -0.672. The number of benzene rings is 1. The number of amides is 3. The monoisotopic (exact) mass is 537 g/mol. The Morgan fingerprint density at radius 2 is 1.95 bits per heavy atom. The molecule has 0 aliphatic carbocycles. The number of hydrogen-bond donors (Lipinski definition) is 3. The van der Waals surface area contributed by atoms with Crippen LogP contribution in [0.4, 0.5) is 10.8 Å². The minimum Gasteiger partial charge on any atom is -0.461 e. The molecule has 1 atom stereocenters. The van der Waals surface area contributed by atoms with Crippen molar-refractivity contribution >= 4 is 56.8 Å². The van der Waals surface area contributed by atoms with Gasteiger partial charge in [-0.2, -0.15) is 0 Å². The van der Waals surface area contributed by atoms with Crippen LogP contribution in [-0.2, 0) is 9.59 Å². The first-order chi connectivity index (χ1) is 18.4. The maximum Gasteiger partial charge on any atom is 0.268 e. The number of nitrogens with zero attached hydrogens (tertiary/aromatic N) is 4. The van der Waals surface area contributed by atoms with Crippen molar-refractivity contribution in [3.63, 3.8) is 0 Å². The zero-order valence-electron chi connectivity index (χ0n) is 21.2. The number of carbonyl (C=O) groups is 3. The van der Waals surface area contributed by atoms with E-state index in [-0.39, 0.29) is 24.1 Å². The highest BCUT2D eigenvalue weighted by atomic mass is 32.1. The van der Waals surface area contributed by atoms with Gasteiger partial charge in [-0.1, -0.05) is 0 Å². The van der Waals surface area contributed by atoms with Crippen molar-refractivity contribution < 1.29 is 18.8 Å². The van der Waals surface area contributed by atoms with Crippen LogP contribution in [0.15, 0.2) is 39.1 Å². The fraction of sp³-hybridized carbons (Fsp3) is 0.423. The molecule has 0 saturated carbocycles. The van der Waals surface area contributed by atoms with Gasteiger partial charge in [0.05, 0.1) is 6.54 Å². The van der Waals surface area contributed by atoms with Crippen molar-refractivity contribution in [1.29, 1.82) is 0 Å². The molecule has 0 bridgehead atoms. The third kappa shape index (κ3) is 5.96. The van der Waals surface area contributed by atoms with E-state index in [1.165, 1.54) is 11.3 Å². The smallest absolute Gasteiger partial charge is 0.268 e. The van der Waals surface area contributed by atoms with Crippen molar-refractivity contribution in [2.45, 2.75) is 45.1 Å². The van der Waals surface area contributed by atoms with E-state index in [0.717, 1.165) is 61.2 Å². The average molecular weight is 538 g/mol. The number of nitrogens with two attached hydrogens (primary N) is 1. The van der Waals surface area contributed by atoms with Gasteiger partial charge in [0.15, 0.2) is 5.13 Å². The Bertz CT molecular complexity index is 1370. The number of nitrogens with one attached hydrogen (secondary N) is 2. The summed E-state index contributed by atoms with van der Waals surface area (Å²) in [6, 6.07) is 6.91. The van der Waals surface area contributed by atoms with E-state index in [1.54, 1.807) is 10.3 Å². The van der Waals surface area contributed by atoms with E-state index < -0.39 is 11.9 Å². The Balaban J connectivity index is 1.40. The van der Waals surface area contributed by atoms with Gasteiger partial charge in [0, 0.05) is 36.1 Å². The molecule has 2 aliphatic rings. The van der Waals surface area contributed by atoms with Gasteiger partial charge in [-0.25, -0.2) is 9.98 Å².